The van der Waals surface area contributed by atoms with Crippen molar-refractivity contribution >= 4 is 19.8 Å². The molecule has 2 unspecified atom stereocenters. The van der Waals surface area contributed by atoms with Crippen molar-refractivity contribution in [2.45, 2.75) is 296 Å². The molecule has 0 fully saturated rings. The first-order valence-electron chi connectivity index (χ1n) is 29.6. The van der Waals surface area contributed by atoms with Crippen LogP contribution in [0, 0.1) is 0 Å². The second-order valence-electron chi connectivity index (χ2n) is 19.8. The normalized spacial score (nSPS) is 13.4. The fourth-order valence-corrected chi connectivity index (χ4v) is 9.40. The van der Waals surface area contributed by atoms with Crippen LogP contribution in [0.1, 0.15) is 290 Å². The van der Waals surface area contributed by atoms with Crippen molar-refractivity contribution in [3.8, 4) is 0 Å². The summed E-state index contributed by atoms with van der Waals surface area (Å²) in [6.07, 6.45) is 69.3. The Morgan fingerprint density at radius 1 is 0.443 bits per heavy atom. The van der Waals surface area contributed by atoms with E-state index in [1.54, 1.807) is 0 Å². The van der Waals surface area contributed by atoms with E-state index >= 15 is 0 Å². The van der Waals surface area contributed by atoms with Gasteiger partial charge in [-0.15, -0.1) is 0 Å². The highest BCUT2D eigenvalue weighted by atomic mass is 31.2. The summed E-state index contributed by atoms with van der Waals surface area (Å²) in [5.41, 5.74) is 5.37. The molecule has 0 radical (unpaired) electrons. The highest BCUT2D eigenvalue weighted by Gasteiger charge is 2.26. The maximum atomic E-state index is 12.7. The van der Waals surface area contributed by atoms with Crippen LogP contribution in [-0.4, -0.2) is 49.3 Å². The first-order chi connectivity index (χ1) is 34.3. The van der Waals surface area contributed by atoms with Crippen molar-refractivity contribution in [1.82, 2.24) is 0 Å². The quantitative estimate of drug-likeness (QED) is 0.0264. The molecule has 0 aliphatic carbocycles. The van der Waals surface area contributed by atoms with Crippen LogP contribution in [0.4, 0.5) is 0 Å². The minimum absolute atomic E-state index is 0.0560. The highest BCUT2D eigenvalue weighted by Crippen LogP contribution is 2.43. The molecule has 0 aromatic carbocycles. The van der Waals surface area contributed by atoms with Crippen molar-refractivity contribution in [2.75, 3.05) is 26.4 Å². The van der Waals surface area contributed by atoms with Crippen molar-refractivity contribution in [2.24, 2.45) is 5.73 Å². The zero-order valence-electron chi connectivity index (χ0n) is 45.8. The monoisotopic (exact) mass is 1010 g/mol. The predicted molar refractivity (Wildman–Crippen MR) is 298 cm³/mol. The summed E-state index contributed by atoms with van der Waals surface area (Å²) in [5.74, 6) is -0.815. The largest absolute Gasteiger partial charge is 0.472 e. The Morgan fingerprint density at radius 2 is 0.786 bits per heavy atom. The lowest BCUT2D eigenvalue weighted by Gasteiger charge is -2.19. The SMILES string of the molecule is CC/C=C\C/C=C\C/C=C\C/C=C\CCCCCCCCCCCCCCCCCCCCCCCCCCCCC(=O)OC(COC(=O)CCCCCCCCCCCC)COP(=O)(O)OCCN. The Bertz CT molecular complexity index is 1280. The Morgan fingerprint density at radius 3 is 1.17 bits per heavy atom. The summed E-state index contributed by atoms with van der Waals surface area (Å²) in [4.78, 5) is 35.0. The number of unbranched alkanes of at least 4 members (excludes halogenated alkanes) is 35. The summed E-state index contributed by atoms with van der Waals surface area (Å²) in [6.45, 7) is 3.64. The Balaban J connectivity index is 3.70. The number of nitrogens with two attached hydrogens (primary N) is 1. The fraction of sp³-hybridized carbons (Fsp3) is 0.833. The molecule has 0 aliphatic heterocycles. The van der Waals surface area contributed by atoms with Crippen LogP contribution in [0.5, 0.6) is 0 Å². The first kappa shape index (κ1) is 68.0. The van der Waals surface area contributed by atoms with Gasteiger partial charge in [-0.3, -0.25) is 18.6 Å². The number of phosphoric ester groups is 1. The van der Waals surface area contributed by atoms with E-state index in [1.807, 2.05) is 0 Å². The molecule has 0 saturated carbocycles. The molecule has 0 amide bonds. The number of allylic oxidation sites excluding steroid dienone is 8. The molecule has 0 aromatic rings. The summed E-state index contributed by atoms with van der Waals surface area (Å²) in [7, 11) is -4.38. The lowest BCUT2D eigenvalue weighted by atomic mass is 10.0. The summed E-state index contributed by atoms with van der Waals surface area (Å²) in [5, 5.41) is 0. The van der Waals surface area contributed by atoms with E-state index in [4.69, 9.17) is 24.3 Å². The number of hydrogen-bond donors (Lipinski definition) is 2. The molecular weight excluding hydrogens is 894 g/mol. The van der Waals surface area contributed by atoms with Crippen LogP contribution in [-0.2, 0) is 32.7 Å². The minimum Gasteiger partial charge on any atom is -0.462 e. The summed E-state index contributed by atoms with van der Waals surface area (Å²) < 4.78 is 32.9. The molecule has 3 N–H and O–H groups in total. The van der Waals surface area contributed by atoms with Gasteiger partial charge in [-0.1, -0.05) is 274 Å². The molecule has 0 aromatic heterocycles. The van der Waals surface area contributed by atoms with Gasteiger partial charge < -0.3 is 20.1 Å². The zero-order chi connectivity index (χ0) is 51.0. The molecule has 0 spiro atoms. The topological polar surface area (TPSA) is 134 Å². The maximum Gasteiger partial charge on any atom is 0.472 e. The Kier molecular flexibility index (Phi) is 54.6. The summed E-state index contributed by atoms with van der Waals surface area (Å²) in [6, 6.07) is 0. The van der Waals surface area contributed by atoms with Gasteiger partial charge in [-0.2, -0.15) is 0 Å². The number of carbonyl (C=O) groups excluding carboxylic acids is 2. The molecule has 0 heterocycles. The third-order valence-electron chi connectivity index (χ3n) is 13.0. The van der Waals surface area contributed by atoms with Gasteiger partial charge in [0.1, 0.15) is 6.61 Å². The van der Waals surface area contributed by atoms with E-state index in [2.05, 4.69) is 62.5 Å². The molecule has 9 nitrogen and oxygen atoms in total. The average molecular weight is 1010 g/mol. The smallest absolute Gasteiger partial charge is 0.462 e. The third-order valence-corrected chi connectivity index (χ3v) is 14.0. The number of ether oxygens (including phenoxy) is 2. The molecule has 2 atom stereocenters. The first-order valence-corrected chi connectivity index (χ1v) is 31.1. The molecule has 10 heteroatoms. The molecule has 70 heavy (non-hydrogen) atoms. The zero-order valence-corrected chi connectivity index (χ0v) is 46.7. The number of esters is 2. The van der Waals surface area contributed by atoms with E-state index in [0.29, 0.717) is 6.42 Å². The minimum atomic E-state index is -4.38. The molecule has 410 valence electrons. The van der Waals surface area contributed by atoms with Gasteiger partial charge in [-0.05, 0) is 51.4 Å². The highest BCUT2D eigenvalue weighted by molar-refractivity contribution is 7.47. The number of carbonyl (C=O) groups is 2. The van der Waals surface area contributed by atoms with Crippen LogP contribution < -0.4 is 5.73 Å². The van der Waals surface area contributed by atoms with Crippen LogP contribution in [0.3, 0.4) is 0 Å². The third kappa shape index (κ3) is 55.3. The fourth-order valence-electron chi connectivity index (χ4n) is 8.63. The van der Waals surface area contributed by atoms with Crippen LogP contribution >= 0.6 is 7.82 Å². The molecule has 0 saturated heterocycles. The van der Waals surface area contributed by atoms with Gasteiger partial charge in [0.2, 0.25) is 0 Å². The number of hydrogen-bond acceptors (Lipinski definition) is 8. The standard InChI is InChI=1S/C60H112NO8P/c1-3-5-7-9-11-13-15-16-17-18-19-20-21-22-23-24-25-26-27-28-29-30-31-32-33-34-35-36-37-38-39-40-41-42-43-45-47-49-51-53-60(63)69-58(57-68-70(64,65)67-55-54-61)56-66-59(62)52-50-48-46-44-14-12-10-8-6-4-2/h5,7,11,13,16-17,19-20,58H,3-4,6,8-10,12,14-15,18,21-57,61H2,1-2H3,(H,64,65)/b7-5-,13-11-,17-16-,20-19-. The second-order valence-corrected chi connectivity index (χ2v) is 21.3. The molecule has 0 rings (SSSR count). The average Bonchev–Trinajstić information content (AvgIpc) is 3.35. The van der Waals surface area contributed by atoms with E-state index in [-0.39, 0.29) is 38.6 Å². The van der Waals surface area contributed by atoms with Crippen LogP contribution in [0.2, 0.25) is 0 Å². The lowest BCUT2D eigenvalue weighted by Crippen LogP contribution is -2.29. The van der Waals surface area contributed by atoms with E-state index < -0.39 is 26.5 Å². The van der Waals surface area contributed by atoms with Gasteiger partial charge in [0.05, 0.1) is 13.2 Å². The van der Waals surface area contributed by atoms with E-state index in [0.717, 1.165) is 57.8 Å². The Labute approximate surface area is 432 Å². The van der Waals surface area contributed by atoms with Crippen molar-refractivity contribution in [1.29, 1.82) is 0 Å². The number of rotatable bonds is 56. The van der Waals surface area contributed by atoms with Crippen LogP contribution in [0.25, 0.3) is 0 Å². The van der Waals surface area contributed by atoms with Crippen molar-refractivity contribution in [3.05, 3.63) is 48.6 Å². The maximum absolute atomic E-state index is 12.7. The number of phosphoric acid groups is 1. The van der Waals surface area contributed by atoms with E-state index in [9.17, 15) is 19.0 Å². The van der Waals surface area contributed by atoms with Gasteiger partial charge in [0.25, 0.3) is 0 Å². The predicted octanol–water partition coefficient (Wildman–Crippen LogP) is 18.6. The van der Waals surface area contributed by atoms with E-state index in [1.165, 1.54) is 199 Å². The summed E-state index contributed by atoms with van der Waals surface area (Å²) >= 11 is 0. The van der Waals surface area contributed by atoms with Crippen molar-refractivity contribution in [3.63, 3.8) is 0 Å². The Hall–Kier alpha value is -2.03. The second kappa shape index (κ2) is 56.3. The van der Waals surface area contributed by atoms with Gasteiger partial charge in [-0.25, -0.2) is 4.57 Å². The van der Waals surface area contributed by atoms with Gasteiger partial charge in [0.15, 0.2) is 6.10 Å². The molecule has 0 aliphatic rings. The van der Waals surface area contributed by atoms with Crippen LogP contribution in [0.15, 0.2) is 48.6 Å². The lowest BCUT2D eigenvalue weighted by molar-refractivity contribution is -0.161. The van der Waals surface area contributed by atoms with Gasteiger partial charge >= 0.3 is 19.8 Å². The molecule has 0 bridgehead atoms. The molecular formula is C60H112NO8P. The van der Waals surface area contributed by atoms with Crippen molar-refractivity contribution < 1.29 is 37.6 Å². The van der Waals surface area contributed by atoms with Gasteiger partial charge in [0, 0.05) is 19.4 Å².